The molecule has 0 aliphatic carbocycles. The van der Waals surface area contributed by atoms with Crippen LogP contribution >= 0.6 is 23.2 Å². The van der Waals surface area contributed by atoms with Crippen LogP contribution < -0.4 is 14.2 Å². The Morgan fingerprint density at radius 2 is 1.02 bits per heavy atom. The van der Waals surface area contributed by atoms with E-state index in [9.17, 15) is 0 Å². The lowest BCUT2D eigenvalue weighted by Crippen LogP contribution is -2.23. The van der Waals surface area contributed by atoms with Gasteiger partial charge >= 0.3 is 0 Å². The summed E-state index contributed by atoms with van der Waals surface area (Å²) in [6.45, 7) is 14.0. The molecule has 278 valence electrons. The topological polar surface area (TPSA) is 53.5 Å². The zero-order valence-corrected chi connectivity index (χ0v) is 33.9. The van der Waals surface area contributed by atoms with Crippen LogP contribution in [-0.4, -0.2) is 28.3 Å². The fraction of sp³-hybridized carbons (Fsp3) is 0.208. The molecule has 0 radical (unpaired) electrons. The van der Waals surface area contributed by atoms with E-state index in [0.717, 1.165) is 55.5 Å². The Balaban J connectivity index is 0.000000211. The van der Waals surface area contributed by atoms with E-state index in [-0.39, 0.29) is 11.2 Å². The number of aryl methyl sites for hydroxylation is 1. The molecule has 2 heterocycles. The summed E-state index contributed by atoms with van der Waals surface area (Å²) in [7, 11) is 1.62. The minimum atomic E-state index is -0.311. The van der Waals surface area contributed by atoms with E-state index in [4.69, 9.17) is 37.4 Å². The van der Waals surface area contributed by atoms with Crippen molar-refractivity contribution in [2.75, 3.05) is 7.11 Å². The average molecular weight is 768 g/mol. The van der Waals surface area contributed by atoms with Crippen LogP contribution in [-0.2, 0) is 0 Å². The summed E-state index contributed by atoms with van der Waals surface area (Å²) in [5.41, 5.74) is 7.37. The number of hydrogen-bond donors (Lipinski definition) is 0. The van der Waals surface area contributed by atoms with Crippen LogP contribution in [0, 0.1) is 30.6 Å². The third-order valence-electron chi connectivity index (χ3n) is 7.69. The number of benzene rings is 4. The highest BCUT2D eigenvalue weighted by Crippen LogP contribution is 2.27. The second kappa shape index (κ2) is 18.1. The van der Waals surface area contributed by atoms with Crippen molar-refractivity contribution in [3.05, 3.63) is 159 Å². The summed E-state index contributed by atoms with van der Waals surface area (Å²) in [5.74, 6) is 14.7. The first-order valence-corrected chi connectivity index (χ1v) is 18.6. The van der Waals surface area contributed by atoms with Crippen molar-refractivity contribution < 1.29 is 14.2 Å². The van der Waals surface area contributed by atoms with Crippen LogP contribution in [0.2, 0.25) is 10.0 Å². The first-order valence-electron chi connectivity index (χ1n) is 17.8. The predicted octanol–water partition coefficient (Wildman–Crippen LogP) is 12.3. The van der Waals surface area contributed by atoms with Crippen LogP contribution in [0.5, 0.6) is 17.5 Å². The van der Waals surface area contributed by atoms with Gasteiger partial charge in [-0.3, -0.25) is 0 Å². The minimum Gasteiger partial charge on any atom is -0.497 e. The number of halogens is 2. The average Bonchev–Trinajstić information content (AvgIpc) is 3.14. The molecule has 0 aliphatic rings. The van der Waals surface area contributed by atoms with E-state index >= 15 is 0 Å². The molecule has 0 spiro atoms. The standard InChI is InChI=1S/C24H22ClNO2.C24H22ClNO/c1-24(2,3)28-23-11-7-10-22(26-23)20-9-6-5-8-17(20)12-13-18-16-19(27-4)14-15-21(18)25;1-17-12-13-18(16-21(17)25)14-15-19-8-5-6-9-20(19)22-10-7-11-23(26-22)27-24(2,3)4/h5-11,14-16H,1-4H3;5-13,16H,1-4H3. The van der Waals surface area contributed by atoms with E-state index < -0.39 is 0 Å². The molecule has 2 aromatic heterocycles. The predicted molar refractivity (Wildman–Crippen MR) is 226 cm³/mol. The van der Waals surface area contributed by atoms with Crippen molar-refractivity contribution in [3.8, 4) is 63.7 Å². The molecule has 6 aromatic rings. The van der Waals surface area contributed by atoms with Crippen LogP contribution in [0.4, 0.5) is 0 Å². The van der Waals surface area contributed by atoms with Gasteiger partial charge in [0.05, 0.1) is 23.5 Å². The fourth-order valence-electron chi connectivity index (χ4n) is 5.17. The zero-order valence-electron chi connectivity index (χ0n) is 32.4. The molecule has 0 N–H and O–H groups in total. The van der Waals surface area contributed by atoms with Gasteiger partial charge in [0.15, 0.2) is 0 Å². The summed E-state index contributed by atoms with van der Waals surface area (Å²) in [4.78, 5) is 9.31. The summed E-state index contributed by atoms with van der Waals surface area (Å²) in [6, 6.07) is 38.7. The molecule has 7 heteroatoms. The molecule has 5 nitrogen and oxygen atoms in total. The maximum Gasteiger partial charge on any atom is 0.214 e. The van der Waals surface area contributed by atoms with Gasteiger partial charge in [0.2, 0.25) is 11.8 Å². The minimum absolute atomic E-state index is 0.296. The van der Waals surface area contributed by atoms with Crippen molar-refractivity contribution >= 4 is 23.2 Å². The summed E-state index contributed by atoms with van der Waals surface area (Å²) in [5, 5.41) is 1.31. The van der Waals surface area contributed by atoms with Crippen LogP contribution in [0.3, 0.4) is 0 Å². The van der Waals surface area contributed by atoms with E-state index in [1.807, 2.05) is 164 Å². The molecular formula is C48H44Cl2N2O3. The van der Waals surface area contributed by atoms with Crippen molar-refractivity contribution in [1.29, 1.82) is 0 Å². The summed E-state index contributed by atoms with van der Waals surface area (Å²) in [6.07, 6.45) is 0. The maximum atomic E-state index is 6.27. The SMILES string of the molecule is COc1ccc(Cl)c(C#Cc2ccccc2-c2cccc(OC(C)(C)C)n2)c1.Cc1ccc(C#Cc2ccccc2-c2cccc(OC(C)(C)C)n2)cc1Cl. The van der Waals surface area contributed by atoms with Gasteiger partial charge in [-0.2, -0.15) is 0 Å². The van der Waals surface area contributed by atoms with Crippen molar-refractivity contribution in [2.24, 2.45) is 0 Å². The lowest BCUT2D eigenvalue weighted by molar-refractivity contribution is 0.124. The zero-order chi connectivity index (χ0) is 39.6. The molecule has 0 unspecified atom stereocenters. The Bertz CT molecular complexity index is 2400. The third-order valence-corrected chi connectivity index (χ3v) is 8.43. The molecule has 6 rings (SSSR count). The van der Waals surface area contributed by atoms with Gasteiger partial charge in [-0.15, -0.1) is 0 Å². The number of methoxy groups -OCH3 is 1. The van der Waals surface area contributed by atoms with Gasteiger partial charge in [-0.1, -0.05) is 101 Å². The summed E-state index contributed by atoms with van der Waals surface area (Å²) < 4.78 is 17.0. The van der Waals surface area contributed by atoms with E-state index in [0.29, 0.717) is 22.3 Å². The van der Waals surface area contributed by atoms with Gasteiger partial charge in [0, 0.05) is 50.5 Å². The molecule has 0 bridgehead atoms. The van der Waals surface area contributed by atoms with E-state index in [1.165, 1.54) is 0 Å². The molecule has 0 aliphatic heterocycles. The van der Waals surface area contributed by atoms with Gasteiger partial charge < -0.3 is 14.2 Å². The monoisotopic (exact) mass is 766 g/mol. The second-order valence-corrected chi connectivity index (χ2v) is 15.4. The Morgan fingerprint density at radius 1 is 0.509 bits per heavy atom. The molecule has 0 saturated heterocycles. The molecule has 55 heavy (non-hydrogen) atoms. The molecule has 0 fully saturated rings. The molecule has 4 aromatic carbocycles. The van der Waals surface area contributed by atoms with Crippen LogP contribution in [0.15, 0.2) is 121 Å². The number of hydrogen-bond acceptors (Lipinski definition) is 5. The highest BCUT2D eigenvalue weighted by molar-refractivity contribution is 6.32. The van der Waals surface area contributed by atoms with E-state index in [1.54, 1.807) is 13.2 Å². The van der Waals surface area contributed by atoms with Crippen molar-refractivity contribution in [3.63, 3.8) is 0 Å². The Kier molecular flexibility index (Phi) is 13.3. The smallest absolute Gasteiger partial charge is 0.214 e. The Labute approximate surface area is 335 Å². The molecule has 0 saturated carbocycles. The fourth-order valence-corrected chi connectivity index (χ4v) is 5.52. The lowest BCUT2D eigenvalue weighted by Gasteiger charge is -2.20. The Hall–Kier alpha value is -5.72. The summed E-state index contributed by atoms with van der Waals surface area (Å²) >= 11 is 12.5. The van der Waals surface area contributed by atoms with Crippen molar-refractivity contribution in [1.82, 2.24) is 9.97 Å². The number of aromatic nitrogens is 2. The third kappa shape index (κ3) is 12.1. The number of rotatable bonds is 5. The lowest BCUT2D eigenvalue weighted by atomic mass is 10.0. The highest BCUT2D eigenvalue weighted by atomic mass is 35.5. The first kappa shape index (κ1) is 40.5. The van der Waals surface area contributed by atoms with Gasteiger partial charge in [0.25, 0.3) is 0 Å². The van der Waals surface area contributed by atoms with Gasteiger partial charge in [0.1, 0.15) is 17.0 Å². The first-order chi connectivity index (χ1) is 26.2. The van der Waals surface area contributed by atoms with Gasteiger partial charge in [-0.25, -0.2) is 9.97 Å². The molecular weight excluding hydrogens is 723 g/mol. The second-order valence-electron chi connectivity index (χ2n) is 14.6. The maximum absolute atomic E-state index is 6.27. The molecule has 0 atom stereocenters. The van der Waals surface area contributed by atoms with Gasteiger partial charge in [-0.05, 0) is 109 Å². The quantitative estimate of drug-likeness (QED) is 0.164. The number of pyridine rings is 2. The highest BCUT2D eigenvalue weighted by Gasteiger charge is 2.15. The van der Waals surface area contributed by atoms with Crippen LogP contribution in [0.1, 0.15) is 69.4 Å². The van der Waals surface area contributed by atoms with E-state index in [2.05, 4.69) is 33.6 Å². The van der Waals surface area contributed by atoms with Crippen molar-refractivity contribution in [2.45, 2.75) is 59.7 Å². The number of ether oxygens (including phenoxy) is 3. The van der Waals surface area contributed by atoms with Crippen LogP contribution in [0.25, 0.3) is 22.5 Å². The molecule has 0 amide bonds. The Morgan fingerprint density at radius 3 is 1.53 bits per heavy atom. The largest absolute Gasteiger partial charge is 0.497 e. The number of nitrogens with zero attached hydrogens (tertiary/aromatic N) is 2. The normalized spacial score (nSPS) is 10.8.